The van der Waals surface area contributed by atoms with E-state index >= 15 is 0 Å². The number of rotatable bonds is 2. The minimum atomic E-state index is 0.0107. The largest absolute Gasteiger partial charge is 0.342 e. The first-order valence-corrected chi connectivity index (χ1v) is 9.78. The second-order valence-corrected chi connectivity index (χ2v) is 9.54. The molecule has 0 aliphatic heterocycles. The van der Waals surface area contributed by atoms with Crippen molar-refractivity contribution in [2.24, 2.45) is 0 Å². The minimum absolute atomic E-state index is 0.0107. The molecular formula is C24H28N4. The molecule has 28 heavy (non-hydrogen) atoms. The summed E-state index contributed by atoms with van der Waals surface area (Å²) in [7, 11) is 0. The van der Waals surface area contributed by atoms with E-state index in [0.29, 0.717) is 0 Å². The summed E-state index contributed by atoms with van der Waals surface area (Å²) in [6.45, 7) is 13.0. The molecule has 0 amide bonds. The maximum absolute atomic E-state index is 4.79. The highest BCUT2D eigenvalue weighted by Gasteiger charge is 2.19. The van der Waals surface area contributed by atoms with Crippen LogP contribution in [-0.2, 0) is 10.8 Å². The summed E-state index contributed by atoms with van der Waals surface area (Å²) >= 11 is 0. The van der Waals surface area contributed by atoms with Gasteiger partial charge >= 0.3 is 0 Å². The lowest BCUT2D eigenvalue weighted by Crippen LogP contribution is -2.13. The number of fused-ring (bicyclic) bond motifs is 1. The molecule has 0 aliphatic carbocycles. The Labute approximate surface area is 166 Å². The van der Waals surface area contributed by atoms with Gasteiger partial charge in [0, 0.05) is 10.8 Å². The van der Waals surface area contributed by atoms with Crippen LogP contribution in [0.3, 0.4) is 0 Å². The topological polar surface area (TPSA) is 57.4 Å². The Morgan fingerprint density at radius 2 is 1.29 bits per heavy atom. The Hall–Kier alpha value is -2.88. The molecule has 0 saturated heterocycles. The second kappa shape index (κ2) is 6.33. The average Bonchev–Trinajstić information content (AvgIpc) is 3.28. The molecule has 0 spiro atoms. The lowest BCUT2D eigenvalue weighted by Gasteiger charge is -2.14. The van der Waals surface area contributed by atoms with Gasteiger partial charge in [-0.1, -0.05) is 71.9 Å². The molecule has 0 atom stereocenters. The Balaban J connectivity index is 1.64. The van der Waals surface area contributed by atoms with Crippen LogP contribution in [0.25, 0.3) is 33.4 Å². The zero-order valence-electron chi connectivity index (χ0n) is 17.5. The van der Waals surface area contributed by atoms with Crippen LogP contribution in [0.4, 0.5) is 0 Å². The SMILES string of the molecule is CC(C)(C)c1ncc(-c2ccc(-c3ccc4[nH]c(C(C)(C)C)nc4c3)cc2)[nH]1. The molecule has 2 aromatic heterocycles. The van der Waals surface area contributed by atoms with Gasteiger partial charge in [-0.05, 0) is 28.8 Å². The van der Waals surface area contributed by atoms with Gasteiger partial charge in [0.15, 0.2) is 0 Å². The van der Waals surface area contributed by atoms with E-state index in [2.05, 4.69) is 99.0 Å². The number of hydrogen-bond acceptors (Lipinski definition) is 2. The van der Waals surface area contributed by atoms with Gasteiger partial charge in [0.2, 0.25) is 0 Å². The van der Waals surface area contributed by atoms with E-state index in [-0.39, 0.29) is 10.8 Å². The summed E-state index contributed by atoms with van der Waals surface area (Å²) in [6.07, 6.45) is 1.92. The van der Waals surface area contributed by atoms with Gasteiger partial charge in [0.1, 0.15) is 11.6 Å². The fraction of sp³-hybridized carbons (Fsp3) is 0.333. The number of aromatic amines is 2. The first-order chi connectivity index (χ1) is 13.1. The molecule has 4 heteroatoms. The van der Waals surface area contributed by atoms with Crippen LogP contribution < -0.4 is 0 Å². The van der Waals surface area contributed by atoms with E-state index in [1.165, 1.54) is 11.1 Å². The predicted molar refractivity (Wildman–Crippen MR) is 117 cm³/mol. The number of imidazole rings is 2. The van der Waals surface area contributed by atoms with Crippen molar-refractivity contribution >= 4 is 11.0 Å². The van der Waals surface area contributed by atoms with Gasteiger partial charge in [-0.2, -0.15) is 0 Å². The Morgan fingerprint density at radius 1 is 0.679 bits per heavy atom. The highest BCUT2D eigenvalue weighted by molar-refractivity contribution is 5.82. The highest BCUT2D eigenvalue weighted by atomic mass is 14.9. The van der Waals surface area contributed by atoms with Gasteiger partial charge < -0.3 is 9.97 Å². The fourth-order valence-corrected chi connectivity index (χ4v) is 3.23. The van der Waals surface area contributed by atoms with E-state index in [0.717, 1.165) is 33.9 Å². The second-order valence-electron chi connectivity index (χ2n) is 9.54. The third-order valence-electron chi connectivity index (χ3n) is 5.01. The summed E-state index contributed by atoms with van der Waals surface area (Å²) in [5, 5.41) is 0. The van der Waals surface area contributed by atoms with Gasteiger partial charge in [0.25, 0.3) is 0 Å². The normalized spacial score (nSPS) is 12.6. The summed E-state index contributed by atoms with van der Waals surface area (Å²) in [5.74, 6) is 2.02. The molecule has 0 aliphatic rings. The fourth-order valence-electron chi connectivity index (χ4n) is 3.23. The maximum atomic E-state index is 4.79. The van der Waals surface area contributed by atoms with Crippen LogP contribution >= 0.6 is 0 Å². The molecule has 4 nitrogen and oxygen atoms in total. The molecular weight excluding hydrogens is 344 g/mol. The van der Waals surface area contributed by atoms with Gasteiger partial charge in [0.05, 0.1) is 22.9 Å². The lowest BCUT2D eigenvalue weighted by molar-refractivity contribution is 0.553. The van der Waals surface area contributed by atoms with Crippen LogP contribution in [-0.4, -0.2) is 19.9 Å². The van der Waals surface area contributed by atoms with Crippen molar-refractivity contribution in [1.29, 1.82) is 0 Å². The molecule has 0 saturated carbocycles. The third-order valence-corrected chi connectivity index (χ3v) is 5.01. The van der Waals surface area contributed by atoms with Crippen molar-refractivity contribution in [1.82, 2.24) is 19.9 Å². The Kier molecular flexibility index (Phi) is 4.18. The third kappa shape index (κ3) is 3.47. The summed E-state index contributed by atoms with van der Waals surface area (Å²) in [4.78, 5) is 16.2. The van der Waals surface area contributed by atoms with Crippen LogP contribution in [0.2, 0.25) is 0 Å². The molecule has 2 N–H and O–H groups in total. The van der Waals surface area contributed by atoms with Gasteiger partial charge in [-0.3, -0.25) is 0 Å². The first-order valence-electron chi connectivity index (χ1n) is 9.78. The van der Waals surface area contributed by atoms with Crippen LogP contribution in [0.15, 0.2) is 48.7 Å². The number of benzene rings is 2. The van der Waals surface area contributed by atoms with E-state index in [1.54, 1.807) is 0 Å². The number of hydrogen-bond donors (Lipinski definition) is 2. The van der Waals surface area contributed by atoms with Crippen molar-refractivity contribution in [3.05, 3.63) is 60.3 Å². The molecule has 4 rings (SSSR count). The van der Waals surface area contributed by atoms with Crippen LogP contribution in [0.5, 0.6) is 0 Å². The van der Waals surface area contributed by atoms with Crippen molar-refractivity contribution in [2.75, 3.05) is 0 Å². The van der Waals surface area contributed by atoms with Gasteiger partial charge in [-0.15, -0.1) is 0 Å². The number of H-pyrrole nitrogens is 2. The average molecular weight is 373 g/mol. The standard InChI is InChI=1S/C24H28N4/c1-23(2,3)21-25-14-20(28-21)16-9-7-15(8-10-16)17-11-12-18-19(13-17)27-22(26-18)24(4,5)6/h7-14H,1-6H3,(H,25,28)(H,26,27). The van der Waals surface area contributed by atoms with Gasteiger partial charge in [-0.25, -0.2) is 9.97 Å². The quantitative estimate of drug-likeness (QED) is 0.439. The predicted octanol–water partition coefficient (Wildman–Crippen LogP) is 6.22. The number of nitrogens with one attached hydrogen (secondary N) is 2. The zero-order chi connectivity index (χ0) is 20.1. The summed E-state index contributed by atoms with van der Waals surface area (Å²) in [5.41, 5.74) is 6.66. The molecule has 2 aromatic carbocycles. The molecule has 0 bridgehead atoms. The van der Waals surface area contributed by atoms with Crippen molar-refractivity contribution in [2.45, 2.75) is 52.4 Å². The van der Waals surface area contributed by atoms with E-state index in [1.807, 2.05) is 6.20 Å². The summed E-state index contributed by atoms with van der Waals surface area (Å²) < 4.78 is 0. The Morgan fingerprint density at radius 3 is 1.89 bits per heavy atom. The monoisotopic (exact) mass is 372 g/mol. The lowest BCUT2D eigenvalue weighted by atomic mass is 9.96. The molecule has 4 aromatic rings. The van der Waals surface area contributed by atoms with Crippen molar-refractivity contribution in [3.63, 3.8) is 0 Å². The van der Waals surface area contributed by atoms with E-state index in [9.17, 15) is 0 Å². The van der Waals surface area contributed by atoms with Crippen molar-refractivity contribution in [3.8, 4) is 22.4 Å². The molecule has 2 heterocycles. The molecule has 0 fully saturated rings. The van der Waals surface area contributed by atoms with E-state index < -0.39 is 0 Å². The van der Waals surface area contributed by atoms with Crippen molar-refractivity contribution < 1.29 is 0 Å². The highest BCUT2D eigenvalue weighted by Crippen LogP contribution is 2.29. The summed E-state index contributed by atoms with van der Waals surface area (Å²) in [6, 6.07) is 15.0. The van der Waals surface area contributed by atoms with Crippen LogP contribution in [0.1, 0.15) is 53.2 Å². The maximum Gasteiger partial charge on any atom is 0.112 e. The Bertz CT molecular complexity index is 1120. The minimum Gasteiger partial charge on any atom is -0.342 e. The number of nitrogens with zero attached hydrogens (tertiary/aromatic N) is 2. The molecule has 144 valence electrons. The number of aromatic nitrogens is 4. The van der Waals surface area contributed by atoms with Crippen LogP contribution in [0, 0.1) is 0 Å². The zero-order valence-corrected chi connectivity index (χ0v) is 17.5. The van der Waals surface area contributed by atoms with E-state index in [4.69, 9.17) is 4.98 Å². The molecule has 0 unspecified atom stereocenters. The smallest absolute Gasteiger partial charge is 0.112 e. The first kappa shape index (κ1) is 18.5. The molecule has 0 radical (unpaired) electrons.